The van der Waals surface area contributed by atoms with E-state index in [0.29, 0.717) is 22.1 Å². The van der Waals surface area contributed by atoms with Gasteiger partial charge in [-0.25, -0.2) is 9.59 Å². The minimum atomic E-state index is -1.14. The molecule has 0 saturated heterocycles. The van der Waals surface area contributed by atoms with Crippen molar-refractivity contribution in [1.82, 2.24) is 10.6 Å². The summed E-state index contributed by atoms with van der Waals surface area (Å²) < 4.78 is 15.2. The van der Waals surface area contributed by atoms with E-state index in [0.717, 1.165) is 6.08 Å². The highest BCUT2D eigenvalue weighted by molar-refractivity contribution is 6.32. The molecule has 8 nitrogen and oxygen atoms in total. The Balaban J connectivity index is 2.75. The number of nitrogens with one attached hydrogen (secondary N) is 2. The molecule has 0 bridgehead atoms. The number of methoxy groups -OCH3 is 2. The zero-order valence-corrected chi connectivity index (χ0v) is 15.0. The Bertz CT molecular complexity index is 689. The van der Waals surface area contributed by atoms with Gasteiger partial charge in [-0.05, 0) is 30.7 Å². The molecule has 0 spiro atoms. The number of amides is 3. The van der Waals surface area contributed by atoms with E-state index >= 15 is 0 Å². The van der Waals surface area contributed by atoms with Crippen LogP contribution in [-0.2, 0) is 14.3 Å². The number of esters is 1. The predicted molar refractivity (Wildman–Crippen MR) is 91.7 cm³/mol. The number of carbonyl (C=O) groups is 3. The van der Waals surface area contributed by atoms with E-state index in [2.05, 4.69) is 5.32 Å². The van der Waals surface area contributed by atoms with E-state index < -0.39 is 24.0 Å². The van der Waals surface area contributed by atoms with Gasteiger partial charge in [-0.15, -0.1) is 0 Å². The number of hydrogen-bond acceptors (Lipinski definition) is 6. The first-order valence-corrected chi connectivity index (χ1v) is 7.53. The van der Waals surface area contributed by atoms with Gasteiger partial charge in [-0.1, -0.05) is 11.6 Å². The van der Waals surface area contributed by atoms with Crippen LogP contribution >= 0.6 is 11.6 Å². The van der Waals surface area contributed by atoms with Gasteiger partial charge in [0.2, 0.25) is 0 Å². The van der Waals surface area contributed by atoms with E-state index in [1.807, 2.05) is 5.32 Å². The number of hydrogen-bond donors (Lipinski definition) is 2. The number of ether oxygens (including phenoxy) is 3. The fourth-order valence-corrected chi connectivity index (χ4v) is 2.04. The van der Waals surface area contributed by atoms with Gasteiger partial charge in [0, 0.05) is 13.1 Å². The van der Waals surface area contributed by atoms with Gasteiger partial charge in [0.1, 0.15) is 0 Å². The van der Waals surface area contributed by atoms with Crippen LogP contribution < -0.4 is 20.1 Å². The lowest BCUT2D eigenvalue weighted by molar-refractivity contribution is -0.149. The summed E-state index contributed by atoms with van der Waals surface area (Å²) in [5.41, 5.74) is 0.571. The summed E-state index contributed by atoms with van der Waals surface area (Å²) >= 11 is 6.07. The molecule has 2 N–H and O–H groups in total. The monoisotopic (exact) mass is 370 g/mol. The number of carbonyl (C=O) groups excluding carboxylic acids is 3. The summed E-state index contributed by atoms with van der Waals surface area (Å²) in [5.74, 6) is -0.717. The fraction of sp³-hybridized carbons (Fsp3) is 0.312. The highest BCUT2D eigenvalue weighted by atomic mass is 35.5. The lowest BCUT2D eigenvalue weighted by atomic mass is 10.2. The van der Waals surface area contributed by atoms with Gasteiger partial charge >= 0.3 is 12.0 Å². The van der Waals surface area contributed by atoms with Crippen molar-refractivity contribution in [2.45, 2.75) is 13.0 Å². The molecule has 0 aliphatic heterocycles. The highest BCUT2D eigenvalue weighted by Gasteiger charge is 2.18. The van der Waals surface area contributed by atoms with Crippen LogP contribution in [-0.4, -0.2) is 45.3 Å². The first-order chi connectivity index (χ1) is 11.8. The molecule has 0 saturated carbocycles. The van der Waals surface area contributed by atoms with Gasteiger partial charge in [-0.3, -0.25) is 10.1 Å². The Morgan fingerprint density at radius 2 is 1.88 bits per heavy atom. The molecule has 0 radical (unpaired) electrons. The predicted octanol–water partition coefficient (Wildman–Crippen LogP) is 1.76. The van der Waals surface area contributed by atoms with Gasteiger partial charge in [0.25, 0.3) is 5.91 Å². The third-order valence-electron chi connectivity index (χ3n) is 2.99. The molecular weight excluding hydrogens is 352 g/mol. The summed E-state index contributed by atoms with van der Waals surface area (Å²) in [6, 6.07) is 2.51. The highest BCUT2D eigenvalue weighted by Crippen LogP contribution is 2.36. The third-order valence-corrected chi connectivity index (χ3v) is 3.27. The number of benzene rings is 1. The number of rotatable bonds is 6. The van der Waals surface area contributed by atoms with Gasteiger partial charge in [0.05, 0.1) is 19.2 Å². The molecule has 3 amide bonds. The van der Waals surface area contributed by atoms with E-state index in [4.69, 9.17) is 25.8 Å². The summed E-state index contributed by atoms with van der Waals surface area (Å²) in [7, 11) is 4.28. The van der Waals surface area contributed by atoms with Crippen molar-refractivity contribution in [3.8, 4) is 11.5 Å². The fourth-order valence-electron chi connectivity index (χ4n) is 1.74. The van der Waals surface area contributed by atoms with Crippen LogP contribution in [0.5, 0.6) is 11.5 Å². The average Bonchev–Trinajstić information content (AvgIpc) is 2.58. The van der Waals surface area contributed by atoms with Crippen LogP contribution in [0.15, 0.2) is 18.2 Å². The van der Waals surface area contributed by atoms with Crippen molar-refractivity contribution in [1.29, 1.82) is 0 Å². The number of halogens is 1. The number of imide groups is 1. The maximum absolute atomic E-state index is 11.8. The molecule has 0 heterocycles. The van der Waals surface area contributed by atoms with Gasteiger partial charge in [0.15, 0.2) is 17.6 Å². The van der Waals surface area contributed by atoms with Crippen molar-refractivity contribution < 1.29 is 28.6 Å². The molecule has 1 aromatic rings. The van der Waals surface area contributed by atoms with Crippen LogP contribution in [0.2, 0.25) is 5.02 Å². The molecule has 136 valence electrons. The Labute approximate surface area is 150 Å². The molecule has 25 heavy (non-hydrogen) atoms. The molecule has 0 fully saturated rings. The Morgan fingerprint density at radius 3 is 2.44 bits per heavy atom. The second-order valence-electron chi connectivity index (χ2n) is 4.72. The van der Waals surface area contributed by atoms with E-state index in [-0.39, 0.29) is 0 Å². The zero-order valence-electron chi connectivity index (χ0n) is 14.2. The number of urea groups is 1. The summed E-state index contributed by atoms with van der Waals surface area (Å²) in [4.78, 5) is 34.4. The van der Waals surface area contributed by atoms with Crippen LogP contribution in [0.4, 0.5) is 4.79 Å². The summed E-state index contributed by atoms with van der Waals surface area (Å²) in [5, 5.41) is 4.53. The van der Waals surface area contributed by atoms with Crippen molar-refractivity contribution >= 4 is 35.6 Å². The molecule has 9 heteroatoms. The molecule has 0 aromatic heterocycles. The lowest BCUT2D eigenvalue weighted by Crippen LogP contribution is -2.43. The normalized spacial score (nSPS) is 11.6. The molecule has 1 rings (SSSR count). The summed E-state index contributed by atoms with van der Waals surface area (Å²) in [6.45, 7) is 1.34. The minimum Gasteiger partial charge on any atom is -0.493 e. The molecule has 0 aliphatic carbocycles. The topological polar surface area (TPSA) is 103 Å². The molecule has 1 unspecified atom stereocenters. The standard InChI is InChI=1S/C16H19ClN2O6/c1-9(15(21)19-16(22)18-2)25-13(20)6-5-10-7-11(17)14(24-4)12(8-10)23-3/h5-9H,1-4H3,(H2,18,19,21,22). The Morgan fingerprint density at radius 1 is 1.20 bits per heavy atom. The van der Waals surface area contributed by atoms with Crippen LogP contribution in [0.1, 0.15) is 12.5 Å². The maximum atomic E-state index is 11.8. The Kier molecular flexibility index (Phi) is 7.74. The van der Waals surface area contributed by atoms with Crippen LogP contribution in [0.3, 0.4) is 0 Å². The molecular formula is C16H19ClN2O6. The first kappa shape index (κ1) is 20.3. The SMILES string of the molecule is CNC(=O)NC(=O)C(C)OC(=O)C=Cc1cc(Cl)c(OC)c(OC)c1. The zero-order chi connectivity index (χ0) is 19.0. The van der Waals surface area contributed by atoms with Crippen molar-refractivity contribution in [3.05, 3.63) is 28.8 Å². The van der Waals surface area contributed by atoms with Crippen LogP contribution in [0.25, 0.3) is 6.08 Å². The quantitative estimate of drug-likeness (QED) is 0.584. The van der Waals surface area contributed by atoms with E-state index in [1.54, 1.807) is 12.1 Å². The molecule has 1 atom stereocenters. The van der Waals surface area contributed by atoms with Gasteiger partial charge < -0.3 is 19.5 Å². The van der Waals surface area contributed by atoms with Crippen LogP contribution in [0, 0.1) is 0 Å². The van der Waals surface area contributed by atoms with E-state index in [9.17, 15) is 14.4 Å². The van der Waals surface area contributed by atoms with Gasteiger partial charge in [-0.2, -0.15) is 0 Å². The first-order valence-electron chi connectivity index (χ1n) is 7.15. The average molecular weight is 371 g/mol. The van der Waals surface area contributed by atoms with Crippen molar-refractivity contribution in [3.63, 3.8) is 0 Å². The van der Waals surface area contributed by atoms with Crippen molar-refractivity contribution in [2.75, 3.05) is 21.3 Å². The maximum Gasteiger partial charge on any atom is 0.331 e. The second kappa shape index (κ2) is 9.53. The molecule has 0 aliphatic rings. The largest absolute Gasteiger partial charge is 0.493 e. The summed E-state index contributed by atoms with van der Waals surface area (Å²) in [6.07, 6.45) is 1.43. The Hall–Kier alpha value is -2.74. The molecule has 1 aromatic carbocycles. The second-order valence-corrected chi connectivity index (χ2v) is 5.13. The third kappa shape index (κ3) is 6.00. The van der Waals surface area contributed by atoms with E-state index in [1.165, 1.54) is 34.3 Å². The van der Waals surface area contributed by atoms with Crippen molar-refractivity contribution in [2.24, 2.45) is 0 Å². The lowest BCUT2D eigenvalue weighted by Gasteiger charge is -2.11. The minimum absolute atomic E-state index is 0.313. The smallest absolute Gasteiger partial charge is 0.331 e.